The van der Waals surface area contributed by atoms with Crippen molar-refractivity contribution < 1.29 is 9.59 Å². The van der Waals surface area contributed by atoms with Gasteiger partial charge in [-0.2, -0.15) is 0 Å². The monoisotopic (exact) mass is 474 g/mol. The lowest BCUT2D eigenvalue weighted by Gasteiger charge is -2.12. The Morgan fingerprint density at radius 3 is 2.58 bits per heavy atom. The number of rotatable bonds is 3. The van der Waals surface area contributed by atoms with Crippen molar-refractivity contribution in [1.82, 2.24) is 9.47 Å². The topological polar surface area (TPSA) is 42.3 Å². The Morgan fingerprint density at radius 1 is 1.08 bits per heavy atom. The fourth-order valence-electron chi connectivity index (χ4n) is 3.04. The summed E-state index contributed by atoms with van der Waals surface area (Å²) in [6, 6.07) is 15.9. The van der Waals surface area contributed by atoms with Gasteiger partial charge in [-0.05, 0) is 64.2 Å². The van der Waals surface area contributed by atoms with Crippen LogP contribution in [0.4, 0.5) is 4.79 Å². The molecule has 0 bridgehead atoms. The minimum absolute atomic E-state index is 0.222. The van der Waals surface area contributed by atoms with E-state index in [1.165, 1.54) is 4.90 Å². The molecule has 4 rings (SSSR count). The number of aryl methyl sites for hydroxylation is 1. The first-order valence-corrected chi connectivity index (χ1v) is 9.96. The van der Waals surface area contributed by atoms with E-state index in [0.717, 1.165) is 37.4 Å². The molecule has 130 valence electrons. The van der Waals surface area contributed by atoms with E-state index in [4.69, 9.17) is 0 Å². The molecule has 0 atom stereocenters. The Balaban J connectivity index is 1.64. The molecule has 1 aliphatic rings. The van der Waals surface area contributed by atoms with Crippen LogP contribution in [0.15, 0.2) is 59.6 Å². The van der Waals surface area contributed by atoms with Gasteiger partial charge in [0.15, 0.2) is 0 Å². The highest BCUT2D eigenvalue weighted by molar-refractivity contribution is 14.1. The van der Waals surface area contributed by atoms with Crippen molar-refractivity contribution in [3.63, 3.8) is 0 Å². The predicted octanol–water partition coefficient (Wildman–Crippen LogP) is 5.02. The number of carbonyl (C=O) groups is 2. The molecule has 26 heavy (non-hydrogen) atoms. The van der Waals surface area contributed by atoms with Gasteiger partial charge < -0.3 is 4.57 Å². The van der Waals surface area contributed by atoms with Crippen LogP contribution in [0, 0.1) is 3.57 Å². The summed E-state index contributed by atoms with van der Waals surface area (Å²) >= 11 is 3.24. The number of fused-ring (bicyclic) bond motifs is 1. The first-order valence-electron chi connectivity index (χ1n) is 8.07. The highest BCUT2D eigenvalue weighted by Crippen LogP contribution is 2.34. The Labute approximate surface area is 169 Å². The van der Waals surface area contributed by atoms with Gasteiger partial charge in [0, 0.05) is 33.3 Å². The average Bonchev–Trinajstić information content (AvgIpc) is 3.09. The highest BCUT2D eigenvalue weighted by Gasteiger charge is 2.35. The first-order chi connectivity index (χ1) is 12.5. The van der Waals surface area contributed by atoms with Crippen LogP contribution in [-0.2, 0) is 18.4 Å². The third kappa shape index (κ3) is 3.19. The lowest BCUT2D eigenvalue weighted by atomic mass is 10.1. The summed E-state index contributed by atoms with van der Waals surface area (Å²) in [6.07, 6.45) is 3.80. The molecule has 6 heteroatoms. The number of imide groups is 1. The number of nitrogens with zero attached hydrogens (tertiary/aromatic N) is 2. The largest absolute Gasteiger partial charge is 0.350 e. The van der Waals surface area contributed by atoms with Gasteiger partial charge in [0.05, 0.1) is 11.4 Å². The molecule has 2 aromatic carbocycles. The zero-order valence-corrected chi connectivity index (χ0v) is 17.0. The summed E-state index contributed by atoms with van der Waals surface area (Å²) in [5, 5.41) is 0.847. The van der Waals surface area contributed by atoms with Crippen LogP contribution in [0.2, 0.25) is 0 Å². The molecule has 1 fully saturated rings. The van der Waals surface area contributed by atoms with Gasteiger partial charge in [-0.1, -0.05) is 30.3 Å². The number of amides is 2. The minimum Gasteiger partial charge on any atom is -0.350 e. The normalized spacial score (nSPS) is 16.2. The molecule has 2 heterocycles. The lowest BCUT2D eigenvalue weighted by molar-refractivity contribution is -0.123. The van der Waals surface area contributed by atoms with Crippen molar-refractivity contribution in [3.8, 4) is 0 Å². The maximum Gasteiger partial charge on any atom is 0.293 e. The van der Waals surface area contributed by atoms with Crippen LogP contribution in [0.5, 0.6) is 0 Å². The van der Waals surface area contributed by atoms with E-state index >= 15 is 0 Å². The standard InChI is InChI=1S/C20H15IN2O2S/c1-22-12-14(16-4-2-3-5-17(16)22)10-18-19(24)23(20(25)26-18)11-13-6-8-15(21)9-7-13/h2-10,12H,11H2,1H3/b18-10+. The van der Waals surface area contributed by atoms with Gasteiger partial charge in [0.1, 0.15) is 0 Å². The predicted molar refractivity (Wildman–Crippen MR) is 114 cm³/mol. The van der Waals surface area contributed by atoms with Gasteiger partial charge in [-0.3, -0.25) is 14.5 Å². The lowest BCUT2D eigenvalue weighted by Crippen LogP contribution is -2.27. The van der Waals surface area contributed by atoms with Crippen LogP contribution in [0.25, 0.3) is 17.0 Å². The summed E-state index contributed by atoms with van der Waals surface area (Å²) < 4.78 is 3.15. The molecule has 0 spiro atoms. The smallest absolute Gasteiger partial charge is 0.293 e. The molecular weight excluding hydrogens is 459 g/mol. The van der Waals surface area contributed by atoms with Gasteiger partial charge in [-0.25, -0.2) is 0 Å². The molecule has 0 unspecified atom stereocenters. The Bertz CT molecular complexity index is 1050. The van der Waals surface area contributed by atoms with E-state index < -0.39 is 0 Å². The van der Waals surface area contributed by atoms with E-state index in [-0.39, 0.29) is 11.1 Å². The molecule has 1 saturated heterocycles. The van der Waals surface area contributed by atoms with Gasteiger partial charge in [0.25, 0.3) is 11.1 Å². The van der Waals surface area contributed by atoms with Gasteiger partial charge in [-0.15, -0.1) is 0 Å². The Hall–Kier alpha value is -2.06. The van der Waals surface area contributed by atoms with Crippen molar-refractivity contribution in [1.29, 1.82) is 0 Å². The van der Waals surface area contributed by atoms with Crippen molar-refractivity contribution in [2.45, 2.75) is 6.54 Å². The summed E-state index contributed by atoms with van der Waals surface area (Å²) in [5.41, 5.74) is 2.99. The van der Waals surface area contributed by atoms with E-state index in [1.807, 2.05) is 72.4 Å². The second-order valence-electron chi connectivity index (χ2n) is 6.11. The summed E-state index contributed by atoms with van der Waals surface area (Å²) in [7, 11) is 1.97. The van der Waals surface area contributed by atoms with E-state index in [1.54, 1.807) is 0 Å². The molecule has 0 N–H and O–H groups in total. The minimum atomic E-state index is -0.230. The van der Waals surface area contributed by atoms with Crippen molar-refractivity contribution >= 4 is 62.5 Å². The van der Waals surface area contributed by atoms with E-state index in [2.05, 4.69) is 22.6 Å². The first kappa shape index (κ1) is 17.4. The summed E-state index contributed by atoms with van der Waals surface area (Å²) in [6.45, 7) is 0.300. The molecule has 3 aromatic rings. The molecule has 0 radical (unpaired) electrons. The van der Waals surface area contributed by atoms with Crippen LogP contribution in [0.1, 0.15) is 11.1 Å². The van der Waals surface area contributed by atoms with Crippen molar-refractivity contribution in [2.24, 2.45) is 7.05 Å². The number of aromatic nitrogens is 1. The van der Waals surface area contributed by atoms with Crippen LogP contribution >= 0.6 is 34.4 Å². The van der Waals surface area contributed by atoms with E-state index in [9.17, 15) is 9.59 Å². The van der Waals surface area contributed by atoms with Gasteiger partial charge >= 0.3 is 0 Å². The number of hydrogen-bond acceptors (Lipinski definition) is 3. The molecule has 1 aromatic heterocycles. The highest BCUT2D eigenvalue weighted by atomic mass is 127. The Morgan fingerprint density at radius 2 is 1.81 bits per heavy atom. The maximum atomic E-state index is 12.7. The third-order valence-corrected chi connectivity index (χ3v) is 5.97. The zero-order valence-electron chi connectivity index (χ0n) is 14.0. The number of carbonyl (C=O) groups excluding carboxylic acids is 2. The SMILES string of the molecule is Cn1cc(/C=C2/SC(=O)N(Cc3ccc(I)cc3)C2=O)c2ccccc21. The third-order valence-electron chi connectivity index (χ3n) is 4.34. The maximum absolute atomic E-state index is 12.7. The summed E-state index contributed by atoms with van der Waals surface area (Å²) in [4.78, 5) is 26.9. The van der Waals surface area contributed by atoms with Crippen LogP contribution in [0.3, 0.4) is 0 Å². The quantitative estimate of drug-likeness (QED) is 0.396. The van der Waals surface area contributed by atoms with Gasteiger partial charge in [0.2, 0.25) is 0 Å². The average molecular weight is 474 g/mol. The van der Waals surface area contributed by atoms with Crippen molar-refractivity contribution in [3.05, 3.63) is 74.3 Å². The molecule has 1 aliphatic heterocycles. The number of benzene rings is 2. The fraction of sp³-hybridized carbons (Fsp3) is 0.100. The number of para-hydroxylation sites is 1. The molecule has 0 saturated carbocycles. The number of thioether (sulfide) groups is 1. The zero-order chi connectivity index (χ0) is 18.3. The van der Waals surface area contributed by atoms with Crippen molar-refractivity contribution in [2.75, 3.05) is 0 Å². The van der Waals surface area contributed by atoms with Crippen LogP contribution < -0.4 is 0 Å². The fourth-order valence-corrected chi connectivity index (χ4v) is 4.23. The number of halogens is 1. The number of hydrogen-bond donors (Lipinski definition) is 0. The second kappa shape index (κ2) is 6.92. The van der Waals surface area contributed by atoms with E-state index in [0.29, 0.717) is 11.4 Å². The molecule has 2 amide bonds. The Kier molecular flexibility index (Phi) is 4.62. The molecule has 0 aliphatic carbocycles. The second-order valence-corrected chi connectivity index (χ2v) is 8.35. The molecular formula is C20H15IN2O2S. The summed E-state index contributed by atoms with van der Waals surface area (Å²) in [5.74, 6) is -0.230. The van der Waals surface area contributed by atoms with Crippen LogP contribution in [-0.4, -0.2) is 20.6 Å². The molecule has 4 nitrogen and oxygen atoms in total.